The molecule has 0 bridgehead atoms. The van der Waals surface area contributed by atoms with E-state index < -0.39 is 18.0 Å². The summed E-state index contributed by atoms with van der Waals surface area (Å²) in [6.45, 7) is 1.60. The predicted octanol–water partition coefficient (Wildman–Crippen LogP) is 1.61. The number of rotatable bonds is 5. The summed E-state index contributed by atoms with van der Waals surface area (Å²) in [4.78, 5) is 23.0. The number of hydrogen-bond acceptors (Lipinski definition) is 5. The molecule has 6 nitrogen and oxygen atoms in total. The zero-order valence-corrected chi connectivity index (χ0v) is 11.2. The molecule has 0 unspecified atom stereocenters. The van der Waals surface area contributed by atoms with Crippen molar-refractivity contribution < 1.29 is 23.5 Å². The van der Waals surface area contributed by atoms with Crippen LogP contribution in [0.15, 0.2) is 28.7 Å². The van der Waals surface area contributed by atoms with Crippen LogP contribution >= 0.6 is 0 Å². The number of carbonyl (C=O) groups excluding carboxylic acids is 2. The first-order chi connectivity index (χ1) is 9.54. The molecule has 2 rings (SSSR count). The van der Waals surface area contributed by atoms with Gasteiger partial charge in [0.1, 0.15) is 5.58 Å². The summed E-state index contributed by atoms with van der Waals surface area (Å²) in [5, 5.41) is 0.771. The van der Waals surface area contributed by atoms with Crippen LogP contribution in [0.3, 0.4) is 0 Å². The highest BCUT2D eigenvalue weighted by Crippen LogP contribution is 2.27. The number of carbonyl (C=O) groups is 2. The largest absolute Gasteiger partial charge is 0.449 e. The Bertz CT molecular complexity index is 646. The lowest BCUT2D eigenvalue weighted by atomic mass is 10.1. The number of furan rings is 1. The second-order valence-electron chi connectivity index (χ2n) is 4.29. The van der Waals surface area contributed by atoms with Crippen molar-refractivity contribution in [1.82, 2.24) is 0 Å². The Kier molecular flexibility index (Phi) is 4.05. The molecular weight excluding hydrogens is 262 g/mol. The third kappa shape index (κ3) is 2.65. The SMILES string of the molecule is COCc1c(C(=O)O[C@H](C)C(N)=O)oc2ccccc12. The van der Waals surface area contributed by atoms with Gasteiger partial charge in [-0.15, -0.1) is 0 Å². The van der Waals surface area contributed by atoms with Gasteiger partial charge in [0, 0.05) is 18.1 Å². The fourth-order valence-corrected chi connectivity index (χ4v) is 1.82. The Balaban J connectivity index is 2.39. The molecule has 6 heteroatoms. The van der Waals surface area contributed by atoms with E-state index in [1.807, 2.05) is 12.1 Å². The lowest BCUT2D eigenvalue weighted by Crippen LogP contribution is -2.30. The maximum absolute atomic E-state index is 12.0. The normalized spacial score (nSPS) is 12.3. The minimum absolute atomic E-state index is 0.0288. The van der Waals surface area contributed by atoms with E-state index in [4.69, 9.17) is 19.6 Å². The van der Waals surface area contributed by atoms with E-state index in [0.29, 0.717) is 11.1 Å². The molecule has 0 spiro atoms. The van der Waals surface area contributed by atoms with Crippen LogP contribution in [0, 0.1) is 0 Å². The number of primary amides is 1. The van der Waals surface area contributed by atoms with Gasteiger partial charge in [0.05, 0.1) is 6.61 Å². The van der Waals surface area contributed by atoms with Gasteiger partial charge in [0.25, 0.3) is 5.91 Å². The van der Waals surface area contributed by atoms with Crippen LogP contribution < -0.4 is 5.73 Å². The van der Waals surface area contributed by atoms with Crippen LogP contribution in [0.1, 0.15) is 23.0 Å². The van der Waals surface area contributed by atoms with E-state index in [1.54, 1.807) is 12.1 Å². The third-order valence-corrected chi connectivity index (χ3v) is 2.86. The predicted molar refractivity (Wildman–Crippen MR) is 71.0 cm³/mol. The maximum atomic E-state index is 12.0. The molecule has 20 heavy (non-hydrogen) atoms. The second kappa shape index (κ2) is 5.75. The number of nitrogens with two attached hydrogens (primary N) is 1. The molecule has 2 aromatic rings. The Morgan fingerprint density at radius 3 is 2.70 bits per heavy atom. The van der Waals surface area contributed by atoms with E-state index in [-0.39, 0.29) is 12.4 Å². The summed E-state index contributed by atoms with van der Waals surface area (Å²) < 4.78 is 15.5. The highest BCUT2D eigenvalue weighted by Gasteiger charge is 2.24. The fourth-order valence-electron chi connectivity index (χ4n) is 1.82. The smallest absolute Gasteiger partial charge is 0.375 e. The molecule has 1 amide bonds. The molecule has 0 aliphatic heterocycles. The van der Waals surface area contributed by atoms with Crippen LogP contribution in [0.5, 0.6) is 0 Å². The number of esters is 1. The molecule has 1 heterocycles. The van der Waals surface area contributed by atoms with Crippen molar-refractivity contribution in [1.29, 1.82) is 0 Å². The monoisotopic (exact) mass is 277 g/mol. The molecule has 0 fully saturated rings. The van der Waals surface area contributed by atoms with Gasteiger partial charge in [-0.3, -0.25) is 4.79 Å². The Morgan fingerprint density at radius 2 is 2.05 bits per heavy atom. The van der Waals surface area contributed by atoms with Crippen molar-refractivity contribution in [3.8, 4) is 0 Å². The van der Waals surface area contributed by atoms with Crippen LogP contribution in [-0.2, 0) is 20.9 Å². The van der Waals surface area contributed by atoms with Crippen molar-refractivity contribution in [3.63, 3.8) is 0 Å². The Hall–Kier alpha value is -2.34. The maximum Gasteiger partial charge on any atom is 0.375 e. The van der Waals surface area contributed by atoms with Gasteiger partial charge in [-0.1, -0.05) is 18.2 Å². The van der Waals surface area contributed by atoms with Crippen LogP contribution in [-0.4, -0.2) is 25.1 Å². The Labute approximate surface area is 115 Å². The number of fused-ring (bicyclic) bond motifs is 1. The van der Waals surface area contributed by atoms with E-state index in [2.05, 4.69) is 0 Å². The van der Waals surface area contributed by atoms with Gasteiger partial charge in [-0.25, -0.2) is 4.79 Å². The molecule has 1 aromatic carbocycles. The van der Waals surface area contributed by atoms with Gasteiger partial charge in [0.15, 0.2) is 6.10 Å². The zero-order valence-electron chi connectivity index (χ0n) is 11.2. The Morgan fingerprint density at radius 1 is 1.35 bits per heavy atom. The first kappa shape index (κ1) is 14.1. The molecule has 1 aromatic heterocycles. The van der Waals surface area contributed by atoms with Crippen LogP contribution in [0.25, 0.3) is 11.0 Å². The van der Waals surface area contributed by atoms with Crippen LogP contribution in [0.4, 0.5) is 0 Å². The van der Waals surface area contributed by atoms with Crippen molar-refractivity contribution >= 4 is 22.8 Å². The first-order valence-corrected chi connectivity index (χ1v) is 6.04. The number of hydrogen-bond donors (Lipinski definition) is 1. The molecule has 0 aliphatic carbocycles. The van der Waals surface area contributed by atoms with Crippen molar-refractivity contribution in [2.24, 2.45) is 5.73 Å². The lowest BCUT2D eigenvalue weighted by molar-refractivity contribution is -0.125. The van der Waals surface area contributed by atoms with Gasteiger partial charge >= 0.3 is 5.97 Å². The minimum atomic E-state index is -1.02. The van der Waals surface area contributed by atoms with E-state index in [9.17, 15) is 9.59 Å². The summed E-state index contributed by atoms with van der Waals surface area (Å²) in [5.74, 6) is -1.43. The van der Waals surface area contributed by atoms with Crippen molar-refractivity contribution in [2.45, 2.75) is 19.6 Å². The number of methoxy groups -OCH3 is 1. The topological polar surface area (TPSA) is 91.8 Å². The average Bonchev–Trinajstić information content (AvgIpc) is 2.78. The first-order valence-electron chi connectivity index (χ1n) is 6.04. The summed E-state index contributed by atoms with van der Waals surface area (Å²) in [7, 11) is 1.52. The quantitative estimate of drug-likeness (QED) is 0.838. The van der Waals surface area contributed by atoms with Crippen molar-refractivity contribution in [2.75, 3.05) is 7.11 Å². The van der Waals surface area contributed by atoms with E-state index >= 15 is 0 Å². The summed E-state index contributed by atoms with van der Waals surface area (Å²) in [5.41, 5.74) is 6.20. The van der Waals surface area contributed by atoms with Gasteiger partial charge in [-0.05, 0) is 13.0 Å². The highest BCUT2D eigenvalue weighted by molar-refractivity contribution is 5.97. The number of ether oxygens (including phenoxy) is 2. The highest BCUT2D eigenvalue weighted by atomic mass is 16.6. The number of para-hydroxylation sites is 1. The number of benzene rings is 1. The minimum Gasteiger partial charge on any atom is -0.449 e. The summed E-state index contributed by atoms with van der Waals surface area (Å²) in [6, 6.07) is 7.19. The van der Waals surface area contributed by atoms with Gasteiger partial charge in [0.2, 0.25) is 5.76 Å². The standard InChI is InChI=1S/C14H15NO5/c1-8(13(15)16)19-14(17)12-10(7-18-2)9-5-3-4-6-11(9)20-12/h3-6,8H,7H2,1-2H3,(H2,15,16)/t8-/m1/s1. The lowest BCUT2D eigenvalue weighted by Gasteiger charge is -2.08. The van der Waals surface area contributed by atoms with E-state index in [0.717, 1.165) is 5.39 Å². The molecule has 2 N–H and O–H groups in total. The average molecular weight is 277 g/mol. The van der Waals surface area contributed by atoms with Crippen molar-refractivity contribution in [3.05, 3.63) is 35.6 Å². The molecule has 1 atom stereocenters. The van der Waals surface area contributed by atoms with Gasteiger partial charge in [-0.2, -0.15) is 0 Å². The molecule has 0 saturated carbocycles. The summed E-state index contributed by atoms with van der Waals surface area (Å²) in [6.07, 6.45) is -1.02. The molecule has 0 radical (unpaired) electrons. The van der Waals surface area contributed by atoms with Crippen LogP contribution in [0.2, 0.25) is 0 Å². The molecule has 106 valence electrons. The van der Waals surface area contributed by atoms with E-state index in [1.165, 1.54) is 14.0 Å². The van der Waals surface area contributed by atoms with Gasteiger partial charge < -0.3 is 19.6 Å². The fraction of sp³-hybridized carbons (Fsp3) is 0.286. The molecule has 0 aliphatic rings. The molecule has 0 saturated heterocycles. The summed E-state index contributed by atoms with van der Waals surface area (Å²) >= 11 is 0. The number of amides is 1. The molecular formula is C14H15NO5. The second-order valence-corrected chi connectivity index (χ2v) is 4.29. The third-order valence-electron chi connectivity index (χ3n) is 2.86. The zero-order chi connectivity index (χ0) is 14.7.